The zero-order valence-corrected chi connectivity index (χ0v) is 15.9. The molecule has 0 atom stereocenters. The van der Waals surface area contributed by atoms with Crippen LogP contribution >= 0.6 is 0 Å². The number of carbonyl (C=O) groups is 1. The maximum atomic E-state index is 12.2. The van der Waals surface area contributed by atoms with Crippen molar-refractivity contribution in [2.45, 2.75) is 38.1 Å². The van der Waals surface area contributed by atoms with Crippen LogP contribution in [0.15, 0.2) is 36.5 Å². The van der Waals surface area contributed by atoms with E-state index in [0.717, 1.165) is 41.1 Å². The summed E-state index contributed by atoms with van der Waals surface area (Å²) in [6, 6.07) is 10.3. The third kappa shape index (κ3) is 3.28. The number of fused-ring (bicyclic) bond motifs is 1. The van der Waals surface area contributed by atoms with Gasteiger partial charge in [-0.2, -0.15) is 9.97 Å². The summed E-state index contributed by atoms with van der Waals surface area (Å²) >= 11 is 0. The van der Waals surface area contributed by atoms with Crippen LogP contribution in [0.25, 0.3) is 11.0 Å². The number of nitrogens with one attached hydrogen (secondary N) is 3. The summed E-state index contributed by atoms with van der Waals surface area (Å²) in [5.74, 6) is 1.83. The average molecular weight is 376 g/mol. The zero-order chi connectivity index (χ0) is 19.1. The maximum Gasteiger partial charge on any atom is 0.231 e. The molecule has 5 rings (SSSR count). The van der Waals surface area contributed by atoms with Crippen molar-refractivity contribution in [2.75, 3.05) is 22.6 Å². The SMILES string of the molecule is CN(C(=O)C1CC1)c1ccc(Nc2nc(NC3CCC3)c3cc[nH]c3n2)cc1. The van der Waals surface area contributed by atoms with Gasteiger partial charge in [0.1, 0.15) is 11.5 Å². The van der Waals surface area contributed by atoms with Gasteiger partial charge in [-0.3, -0.25) is 4.79 Å². The van der Waals surface area contributed by atoms with Crippen LogP contribution in [0, 0.1) is 5.92 Å². The van der Waals surface area contributed by atoms with Crippen LogP contribution in [0.1, 0.15) is 32.1 Å². The van der Waals surface area contributed by atoms with E-state index in [-0.39, 0.29) is 11.8 Å². The van der Waals surface area contributed by atoms with Gasteiger partial charge in [-0.15, -0.1) is 0 Å². The van der Waals surface area contributed by atoms with Crippen molar-refractivity contribution in [1.82, 2.24) is 15.0 Å². The number of amides is 1. The average Bonchev–Trinajstić information content (AvgIpc) is 3.41. The molecule has 0 unspecified atom stereocenters. The first-order valence-electron chi connectivity index (χ1n) is 9.94. The minimum absolute atomic E-state index is 0.202. The molecule has 0 spiro atoms. The Hall–Kier alpha value is -3.09. The number of aromatic nitrogens is 3. The molecule has 2 saturated carbocycles. The molecule has 0 saturated heterocycles. The van der Waals surface area contributed by atoms with E-state index < -0.39 is 0 Å². The Morgan fingerprint density at radius 1 is 1.11 bits per heavy atom. The van der Waals surface area contributed by atoms with E-state index in [9.17, 15) is 4.79 Å². The molecule has 2 aliphatic carbocycles. The highest BCUT2D eigenvalue weighted by Crippen LogP contribution is 2.33. The summed E-state index contributed by atoms with van der Waals surface area (Å²) in [6.45, 7) is 0. The summed E-state index contributed by atoms with van der Waals surface area (Å²) in [6.07, 6.45) is 7.56. The molecule has 1 amide bonds. The second kappa shape index (κ2) is 6.82. The summed E-state index contributed by atoms with van der Waals surface area (Å²) in [5.41, 5.74) is 2.60. The number of aromatic amines is 1. The summed E-state index contributed by atoms with van der Waals surface area (Å²) in [4.78, 5) is 26.4. The second-order valence-corrected chi connectivity index (χ2v) is 7.75. The van der Waals surface area contributed by atoms with Crippen molar-refractivity contribution in [1.29, 1.82) is 0 Å². The molecule has 2 heterocycles. The van der Waals surface area contributed by atoms with Crippen LogP contribution in [0.4, 0.5) is 23.1 Å². The first-order chi connectivity index (χ1) is 13.7. The Balaban J connectivity index is 1.35. The molecule has 2 aromatic heterocycles. The Labute approximate surface area is 163 Å². The first kappa shape index (κ1) is 17.0. The lowest BCUT2D eigenvalue weighted by Gasteiger charge is -2.27. The quantitative estimate of drug-likeness (QED) is 0.604. The van der Waals surface area contributed by atoms with Crippen LogP contribution in [0.3, 0.4) is 0 Å². The molecule has 144 valence electrons. The van der Waals surface area contributed by atoms with Gasteiger partial charge in [0, 0.05) is 36.6 Å². The van der Waals surface area contributed by atoms with Crippen molar-refractivity contribution in [2.24, 2.45) is 5.92 Å². The topological polar surface area (TPSA) is 85.9 Å². The van der Waals surface area contributed by atoms with E-state index in [1.165, 1.54) is 19.3 Å². The van der Waals surface area contributed by atoms with Gasteiger partial charge in [-0.1, -0.05) is 0 Å². The molecular formula is C21H24N6O. The number of carbonyl (C=O) groups excluding carboxylic acids is 1. The molecule has 2 fully saturated rings. The van der Waals surface area contributed by atoms with Gasteiger partial charge in [0.25, 0.3) is 0 Å². The van der Waals surface area contributed by atoms with Crippen LogP contribution in [0.5, 0.6) is 0 Å². The van der Waals surface area contributed by atoms with Gasteiger partial charge in [0.15, 0.2) is 0 Å². The number of hydrogen-bond donors (Lipinski definition) is 3. The smallest absolute Gasteiger partial charge is 0.231 e. The fraction of sp³-hybridized carbons (Fsp3) is 0.381. The fourth-order valence-electron chi connectivity index (χ4n) is 3.48. The molecule has 28 heavy (non-hydrogen) atoms. The summed E-state index contributed by atoms with van der Waals surface area (Å²) < 4.78 is 0. The predicted molar refractivity (Wildman–Crippen MR) is 111 cm³/mol. The Kier molecular flexibility index (Phi) is 4.15. The lowest BCUT2D eigenvalue weighted by Crippen LogP contribution is -2.27. The van der Waals surface area contributed by atoms with E-state index >= 15 is 0 Å². The largest absolute Gasteiger partial charge is 0.367 e. The molecule has 0 bridgehead atoms. The highest BCUT2D eigenvalue weighted by atomic mass is 16.2. The fourth-order valence-corrected chi connectivity index (χ4v) is 3.48. The van der Waals surface area contributed by atoms with Gasteiger partial charge < -0.3 is 20.5 Å². The van der Waals surface area contributed by atoms with Crippen LogP contribution in [-0.4, -0.2) is 33.9 Å². The van der Waals surface area contributed by atoms with E-state index in [1.807, 2.05) is 43.6 Å². The highest BCUT2D eigenvalue weighted by Gasteiger charge is 2.32. The third-order valence-electron chi connectivity index (χ3n) is 5.63. The van der Waals surface area contributed by atoms with Crippen molar-refractivity contribution in [3.63, 3.8) is 0 Å². The lowest BCUT2D eigenvalue weighted by molar-refractivity contribution is -0.119. The Morgan fingerprint density at radius 3 is 2.57 bits per heavy atom. The van der Waals surface area contributed by atoms with Gasteiger partial charge in [0.05, 0.1) is 5.39 Å². The van der Waals surface area contributed by atoms with Crippen molar-refractivity contribution in [3.05, 3.63) is 36.5 Å². The molecule has 0 radical (unpaired) electrons. The molecule has 2 aliphatic rings. The number of H-pyrrole nitrogens is 1. The number of benzene rings is 1. The van der Waals surface area contributed by atoms with E-state index in [1.54, 1.807) is 4.90 Å². The molecular weight excluding hydrogens is 352 g/mol. The lowest BCUT2D eigenvalue weighted by atomic mass is 9.93. The molecule has 3 aromatic rings. The number of anilines is 4. The predicted octanol–water partition coefficient (Wildman–Crippen LogP) is 4.04. The van der Waals surface area contributed by atoms with E-state index in [4.69, 9.17) is 0 Å². The van der Waals surface area contributed by atoms with Crippen molar-refractivity contribution >= 4 is 40.1 Å². The van der Waals surface area contributed by atoms with Gasteiger partial charge in [0.2, 0.25) is 11.9 Å². The molecule has 3 N–H and O–H groups in total. The van der Waals surface area contributed by atoms with Crippen LogP contribution in [-0.2, 0) is 4.79 Å². The second-order valence-electron chi connectivity index (χ2n) is 7.75. The van der Waals surface area contributed by atoms with Gasteiger partial charge in [-0.25, -0.2) is 0 Å². The van der Waals surface area contributed by atoms with Gasteiger partial charge in [-0.05, 0) is 62.4 Å². The van der Waals surface area contributed by atoms with Crippen LogP contribution < -0.4 is 15.5 Å². The number of nitrogens with zero attached hydrogens (tertiary/aromatic N) is 3. The van der Waals surface area contributed by atoms with Gasteiger partial charge >= 0.3 is 0 Å². The standard InChI is InChI=1S/C21H24N6O/c1-27(20(28)13-5-6-13)16-9-7-15(8-10-16)24-21-25-18-17(11-12-22-18)19(26-21)23-14-3-2-4-14/h7-14H,2-6H2,1H3,(H3,22,23,24,25,26). The number of hydrogen-bond acceptors (Lipinski definition) is 5. The van der Waals surface area contributed by atoms with Crippen molar-refractivity contribution < 1.29 is 4.79 Å². The Bertz CT molecular complexity index is 1000. The van der Waals surface area contributed by atoms with Crippen LogP contribution in [0.2, 0.25) is 0 Å². The van der Waals surface area contributed by atoms with E-state index in [0.29, 0.717) is 12.0 Å². The normalized spacial score (nSPS) is 16.6. The molecule has 7 heteroatoms. The maximum absolute atomic E-state index is 12.2. The first-order valence-corrected chi connectivity index (χ1v) is 9.94. The highest BCUT2D eigenvalue weighted by molar-refractivity contribution is 5.96. The zero-order valence-electron chi connectivity index (χ0n) is 15.9. The number of rotatable bonds is 6. The van der Waals surface area contributed by atoms with E-state index in [2.05, 4.69) is 25.6 Å². The summed E-state index contributed by atoms with van der Waals surface area (Å²) in [5, 5.41) is 7.82. The minimum Gasteiger partial charge on any atom is -0.367 e. The molecule has 7 nitrogen and oxygen atoms in total. The Morgan fingerprint density at radius 2 is 1.89 bits per heavy atom. The third-order valence-corrected chi connectivity index (χ3v) is 5.63. The minimum atomic E-state index is 0.202. The van der Waals surface area contributed by atoms with Crippen molar-refractivity contribution in [3.8, 4) is 0 Å². The monoisotopic (exact) mass is 376 g/mol. The summed E-state index contributed by atoms with van der Waals surface area (Å²) in [7, 11) is 1.84. The molecule has 1 aromatic carbocycles. The molecule has 0 aliphatic heterocycles.